The Labute approximate surface area is 92.6 Å². The van der Waals surface area contributed by atoms with E-state index in [1.54, 1.807) is 0 Å². The van der Waals surface area contributed by atoms with E-state index in [1.165, 1.54) is 0 Å². The van der Waals surface area contributed by atoms with Crippen molar-refractivity contribution in [3.63, 3.8) is 0 Å². The van der Waals surface area contributed by atoms with Crippen LogP contribution in [0.2, 0.25) is 0 Å². The summed E-state index contributed by atoms with van der Waals surface area (Å²) >= 11 is 3.22. The molecule has 14 heavy (non-hydrogen) atoms. The first-order valence-corrected chi connectivity index (χ1v) is 5.57. The van der Waals surface area contributed by atoms with E-state index in [4.69, 9.17) is 5.73 Å². The van der Waals surface area contributed by atoms with Gasteiger partial charge in [-0.05, 0) is 52.0 Å². The van der Waals surface area contributed by atoms with Gasteiger partial charge in [0.2, 0.25) is 0 Å². The van der Waals surface area contributed by atoms with E-state index in [-0.39, 0.29) is 11.7 Å². The van der Waals surface area contributed by atoms with Crippen molar-refractivity contribution in [1.29, 1.82) is 0 Å². The van der Waals surface area contributed by atoms with E-state index in [0.717, 1.165) is 11.1 Å². The van der Waals surface area contributed by atoms with Crippen LogP contribution in [0.4, 0.5) is 4.39 Å². The lowest BCUT2D eigenvalue weighted by Crippen LogP contribution is -2.09. The van der Waals surface area contributed by atoms with Crippen LogP contribution in [0.25, 0.3) is 0 Å². The van der Waals surface area contributed by atoms with Gasteiger partial charge in [-0.1, -0.05) is 19.9 Å². The lowest BCUT2D eigenvalue weighted by molar-refractivity contribution is 0.602. The van der Waals surface area contributed by atoms with Crippen molar-refractivity contribution in [2.45, 2.75) is 26.2 Å². The normalized spacial score (nSPS) is 12.9. The lowest BCUT2D eigenvalue weighted by Gasteiger charge is -2.12. The molecule has 0 spiro atoms. The Morgan fingerprint density at radius 1 is 1.50 bits per heavy atom. The zero-order chi connectivity index (χ0) is 10.7. The van der Waals surface area contributed by atoms with Crippen LogP contribution < -0.4 is 5.73 Å². The highest BCUT2D eigenvalue weighted by Crippen LogP contribution is 2.25. The molecule has 1 aromatic rings. The largest absolute Gasteiger partial charge is 0.330 e. The molecule has 0 amide bonds. The van der Waals surface area contributed by atoms with Gasteiger partial charge in [-0.2, -0.15) is 0 Å². The smallest absolute Gasteiger partial charge is 0.140 e. The monoisotopic (exact) mass is 259 g/mol. The van der Waals surface area contributed by atoms with E-state index in [0.29, 0.717) is 17.4 Å². The standard InChI is InChI=1S/C11H15BrFN/c1-3-8-4-9(7(2)6-14)5-10(12)11(8)13/h4-5,7H,3,6,14H2,1-2H3. The first-order valence-electron chi connectivity index (χ1n) is 4.78. The molecule has 0 aliphatic carbocycles. The number of hydrogen-bond acceptors (Lipinski definition) is 1. The molecule has 2 N–H and O–H groups in total. The molecule has 0 heterocycles. The van der Waals surface area contributed by atoms with Crippen molar-refractivity contribution in [3.8, 4) is 0 Å². The molecule has 0 bridgehead atoms. The predicted octanol–water partition coefficient (Wildman–Crippen LogP) is 3.21. The maximum absolute atomic E-state index is 13.5. The van der Waals surface area contributed by atoms with Crippen LogP contribution in [-0.4, -0.2) is 6.54 Å². The highest BCUT2D eigenvalue weighted by molar-refractivity contribution is 9.10. The highest BCUT2D eigenvalue weighted by atomic mass is 79.9. The fraction of sp³-hybridized carbons (Fsp3) is 0.455. The molecule has 3 heteroatoms. The molecule has 0 fully saturated rings. The summed E-state index contributed by atoms with van der Waals surface area (Å²) in [4.78, 5) is 0. The average molecular weight is 260 g/mol. The summed E-state index contributed by atoms with van der Waals surface area (Å²) < 4.78 is 14.0. The summed E-state index contributed by atoms with van der Waals surface area (Å²) in [5.74, 6) is 0.123. The summed E-state index contributed by atoms with van der Waals surface area (Å²) in [5.41, 5.74) is 7.41. The van der Waals surface area contributed by atoms with Gasteiger partial charge in [0.05, 0.1) is 4.47 Å². The minimum Gasteiger partial charge on any atom is -0.330 e. The summed E-state index contributed by atoms with van der Waals surface area (Å²) in [7, 11) is 0. The second kappa shape index (κ2) is 4.89. The van der Waals surface area contributed by atoms with Gasteiger partial charge in [-0.3, -0.25) is 0 Å². The Balaban J connectivity index is 3.16. The summed E-state index contributed by atoms with van der Waals surface area (Å²) in [6, 6.07) is 3.71. The van der Waals surface area contributed by atoms with E-state index < -0.39 is 0 Å². The van der Waals surface area contributed by atoms with Crippen molar-refractivity contribution in [2.75, 3.05) is 6.54 Å². The van der Waals surface area contributed by atoms with Gasteiger partial charge < -0.3 is 5.73 Å². The Morgan fingerprint density at radius 3 is 2.64 bits per heavy atom. The molecule has 78 valence electrons. The van der Waals surface area contributed by atoms with Gasteiger partial charge in [-0.15, -0.1) is 0 Å². The van der Waals surface area contributed by atoms with Crippen molar-refractivity contribution >= 4 is 15.9 Å². The third-order valence-corrected chi connectivity index (χ3v) is 3.01. The first kappa shape index (κ1) is 11.7. The molecule has 1 nitrogen and oxygen atoms in total. The van der Waals surface area contributed by atoms with Gasteiger partial charge in [0.25, 0.3) is 0 Å². The zero-order valence-corrected chi connectivity index (χ0v) is 10.1. The third-order valence-electron chi connectivity index (χ3n) is 2.43. The van der Waals surface area contributed by atoms with Crippen LogP contribution in [0.15, 0.2) is 16.6 Å². The topological polar surface area (TPSA) is 26.0 Å². The zero-order valence-electron chi connectivity index (χ0n) is 8.48. The molecule has 0 aliphatic rings. The fourth-order valence-electron chi connectivity index (χ4n) is 1.35. The van der Waals surface area contributed by atoms with Crippen LogP contribution in [0.3, 0.4) is 0 Å². The number of benzene rings is 1. The number of aryl methyl sites for hydroxylation is 1. The second-order valence-electron chi connectivity index (χ2n) is 3.47. The molecular weight excluding hydrogens is 245 g/mol. The molecule has 1 unspecified atom stereocenters. The SMILES string of the molecule is CCc1cc(C(C)CN)cc(Br)c1F. The molecule has 1 rings (SSSR count). The first-order chi connectivity index (χ1) is 6.60. The van der Waals surface area contributed by atoms with Crippen LogP contribution in [-0.2, 0) is 6.42 Å². The molecule has 1 atom stereocenters. The number of rotatable bonds is 3. The number of halogens is 2. The predicted molar refractivity (Wildman–Crippen MR) is 60.9 cm³/mol. The van der Waals surface area contributed by atoms with Crippen LogP contribution >= 0.6 is 15.9 Å². The molecule has 1 aromatic carbocycles. The van der Waals surface area contributed by atoms with Crippen molar-refractivity contribution in [2.24, 2.45) is 5.73 Å². The fourth-order valence-corrected chi connectivity index (χ4v) is 1.87. The van der Waals surface area contributed by atoms with Gasteiger partial charge in [0.15, 0.2) is 0 Å². The van der Waals surface area contributed by atoms with Gasteiger partial charge in [0, 0.05) is 0 Å². The second-order valence-corrected chi connectivity index (χ2v) is 4.32. The average Bonchev–Trinajstić information content (AvgIpc) is 2.20. The van der Waals surface area contributed by atoms with Crippen molar-refractivity contribution in [1.82, 2.24) is 0 Å². The summed E-state index contributed by atoms with van der Waals surface area (Å²) in [6.07, 6.45) is 0.704. The number of hydrogen-bond donors (Lipinski definition) is 1. The maximum Gasteiger partial charge on any atom is 0.140 e. The van der Waals surface area contributed by atoms with Crippen LogP contribution in [0, 0.1) is 5.82 Å². The maximum atomic E-state index is 13.5. The molecular formula is C11H15BrFN. The van der Waals surface area contributed by atoms with Crippen LogP contribution in [0.5, 0.6) is 0 Å². The molecule has 0 aliphatic heterocycles. The van der Waals surface area contributed by atoms with E-state index in [2.05, 4.69) is 15.9 Å². The van der Waals surface area contributed by atoms with Gasteiger partial charge >= 0.3 is 0 Å². The molecule has 0 radical (unpaired) electrons. The van der Waals surface area contributed by atoms with E-state index in [1.807, 2.05) is 26.0 Å². The van der Waals surface area contributed by atoms with Gasteiger partial charge in [-0.25, -0.2) is 4.39 Å². The van der Waals surface area contributed by atoms with Gasteiger partial charge in [0.1, 0.15) is 5.82 Å². The Kier molecular flexibility index (Phi) is 4.08. The summed E-state index contributed by atoms with van der Waals surface area (Å²) in [6.45, 7) is 4.57. The van der Waals surface area contributed by atoms with Crippen molar-refractivity contribution in [3.05, 3.63) is 33.5 Å². The lowest BCUT2D eigenvalue weighted by atomic mass is 9.98. The van der Waals surface area contributed by atoms with Crippen molar-refractivity contribution < 1.29 is 4.39 Å². The van der Waals surface area contributed by atoms with E-state index >= 15 is 0 Å². The Morgan fingerprint density at radius 2 is 2.14 bits per heavy atom. The Bertz CT molecular complexity index is 325. The van der Waals surface area contributed by atoms with E-state index in [9.17, 15) is 4.39 Å². The Hall–Kier alpha value is -0.410. The molecule has 0 saturated carbocycles. The highest BCUT2D eigenvalue weighted by Gasteiger charge is 2.10. The van der Waals surface area contributed by atoms with Crippen LogP contribution in [0.1, 0.15) is 30.9 Å². The quantitative estimate of drug-likeness (QED) is 0.887. The minimum absolute atomic E-state index is 0.152. The summed E-state index contributed by atoms with van der Waals surface area (Å²) in [5, 5.41) is 0. The number of nitrogens with two attached hydrogens (primary N) is 1. The minimum atomic E-state index is -0.152. The third kappa shape index (κ3) is 2.34. The molecule has 0 aromatic heterocycles. The molecule has 0 saturated heterocycles.